The highest BCUT2D eigenvalue weighted by Crippen LogP contribution is 2.44. The minimum absolute atomic E-state index is 0.211. The van der Waals surface area contributed by atoms with Crippen LogP contribution >= 0.6 is 0 Å². The van der Waals surface area contributed by atoms with Crippen LogP contribution in [0.4, 0.5) is 24.7 Å². The van der Waals surface area contributed by atoms with E-state index in [1.165, 1.54) is 6.20 Å². The van der Waals surface area contributed by atoms with Gasteiger partial charge in [0.05, 0.1) is 22.2 Å². The number of amides is 1. The van der Waals surface area contributed by atoms with Crippen molar-refractivity contribution in [2.45, 2.75) is 20.0 Å². The lowest BCUT2D eigenvalue weighted by atomic mass is 9.95. The van der Waals surface area contributed by atoms with Gasteiger partial charge in [0.1, 0.15) is 17.6 Å². The number of anilines is 2. The Labute approximate surface area is 244 Å². The van der Waals surface area contributed by atoms with Crippen molar-refractivity contribution in [2.75, 3.05) is 11.1 Å². The molecule has 0 radical (unpaired) electrons. The van der Waals surface area contributed by atoms with Gasteiger partial charge in [-0.3, -0.25) is 4.79 Å². The third kappa shape index (κ3) is 5.48. The number of carbonyl (C=O) groups is 1. The summed E-state index contributed by atoms with van der Waals surface area (Å²) in [7, 11) is 1.82. The van der Waals surface area contributed by atoms with E-state index in [9.17, 15) is 23.2 Å². The molecule has 12 heteroatoms. The highest BCUT2D eigenvalue weighted by Gasteiger charge is 2.33. The molecule has 0 saturated heterocycles. The topological polar surface area (TPSA) is 132 Å². The Hall–Kier alpha value is -5.70. The van der Waals surface area contributed by atoms with Gasteiger partial charge in [-0.1, -0.05) is 24.8 Å². The third-order valence-corrected chi connectivity index (χ3v) is 6.76. The second-order valence-electron chi connectivity index (χ2n) is 9.79. The Morgan fingerprint density at radius 2 is 1.86 bits per heavy atom. The number of benzene rings is 2. The fourth-order valence-corrected chi connectivity index (χ4v) is 4.77. The van der Waals surface area contributed by atoms with Crippen LogP contribution in [0.1, 0.15) is 23.7 Å². The molecule has 216 valence electrons. The fourth-order valence-electron chi connectivity index (χ4n) is 4.77. The molecule has 3 N–H and O–H groups in total. The number of halogens is 3. The second kappa shape index (κ2) is 10.9. The number of nitrogen functional groups attached to an aromatic ring is 1. The van der Waals surface area contributed by atoms with Crippen molar-refractivity contribution in [3.05, 3.63) is 89.9 Å². The van der Waals surface area contributed by atoms with Crippen LogP contribution in [0.15, 0.2) is 73.1 Å². The van der Waals surface area contributed by atoms with Gasteiger partial charge >= 0.3 is 12.2 Å². The molecule has 5 rings (SSSR count). The van der Waals surface area contributed by atoms with E-state index in [2.05, 4.69) is 32.9 Å². The van der Waals surface area contributed by atoms with Crippen molar-refractivity contribution >= 4 is 28.3 Å². The minimum atomic E-state index is -4.64. The number of aromatic nitrogens is 4. The number of nitrogens with two attached hydrogens (primary N) is 1. The molecule has 9 nitrogen and oxygen atoms in total. The summed E-state index contributed by atoms with van der Waals surface area (Å²) in [6, 6.07) is 14.5. The SMILES string of the molecule is C=C(C)C(=O)Nc1ccc(-c2c(-c3ccc(Oc4nccc(C(F)(F)F)n4)cc3)c3c(N)ncc(C#N)c3n2C)c(C)c1. The third-order valence-electron chi connectivity index (χ3n) is 6.76. The first kappa shape index (κ1) is 28.8. The van der Waals surface area contributed by atoms with Crippen molar-refractivity contribution < 1.29 is 22.7 Å². The molecule has 3 heterocycles. The first-order valence-corrected chi connectivity index (χ1v) is 12.8. The number of nitriles is 1. The lowest BCUT2D eigenvalue weighted by Crippen LogP contribution is -2.11. The predicted molar refractivity (Wildman–Crippen MR) is 156 cm³/mol. The van der Waals surface area contributed by atoms with Gasteiger partial charge in [-0.05, 0) is 55.3 Å². The van der Waals surface area contributed by atoms with E-state index in [4.69, 9.17) is 10.5 Å². The summed E-state index contributed by atoms with van der Waals surface area (Å²) in [5, 5.41) is 13.2. The first-order chi connectivity index (χ1) is 20.4. The lowest BCUT2D eigenvalue weighted by Gasteiger charge is -2.14. The van der Waals surface area contributed by atoms with Gasteiger partial charge in [0.15, 0.2) is 5.69 Å². The molecule has 3 aromatic heterocycles. The molecule has 5 aromatic rings. The van der Waals surface area contributed by atoms with E-state index >= 15 is 0 Å². The van der Waals surface area contributed by atoms with Crippen molar-refractivity contribution in [2.24, 2.45) is 7.05 Å². The van der Waals surface area contributed by atoms with Crippen LogP contribution in [-0.2, 0) is 18.0 Å². The van der Waals surface area contributed by atoms with E-state index in [0.717, 1.165) is 29.1 Å². The largest absolute Gasteiger partial charge is 0.433 e. The van der Waals surface area contributed by atoms with Crippen LogP contribution in [0, 0.1) is 18.3 Å². The molecule has 0 fully saturated rings. The van der Waals surface area contributed by atoms with Crippen LogP contribution in [0.2, 0.25) is 0 Å². The summed E-state index contributed by atoms with van der Waals surface area (Å²) in [6.45, 7) is 7.18. The van der Waals surface area contributed by atoms with Crippen LogP contribution in [0.3, 0.4) is 0 Å². The maximum atomic E-state index is 13.1. The summed E-state index contributed by atoms with van der Waals surface area (Å²) in [5.74, 6) is 0.127. The Morgan fingerprint density at radius 3 is 2.49 bits per heavy atom. The maximum Gasteiger partial charge on any atom is 0.433 e. The van der Waals surface area contributed by atoms with Gasteiger partial charge in [0.25, 0.3) is 5.91 Å². The fraction of sp³-hybridized carbons (Fsp3) is 0.129. The van der Waals surface area contributed by atoms with Crippen molar-refractivity contribution in [3.8, 4) is 40.2 Å². The summed E-state index contributed by atoms with van der Waals surface area (Å²) in [6.07, 6.45) is -2.25. The van der Waals surface area contributed by atoms with Gasteiger partial charge in [-0.2, -0.15) is 23.4 Å². The molecule has 0 aliphatic heterocycles. The maximum absolute atomic E-state index is 13.1. The monoisotopic (exact) mass is 583 g/mol. The van der Waals surface area contributed by atoms with Gasteiger partial charge in [0, 0.05) is 41.8 Å². The average Bonchev–Trinajstić information content (AvgIpc) is 3.27. The van der Waals surface area contributed by atoms with Crippen molar-refractivity contribution in [1.29, 1.82) is 5.26 Å². The molecule has 0 atom stereocenters. The molecular weight excluding hydrogens is 559 g/mol. The number of fused-ring (bicyclic) bond motifs is 1. The molecule has 2 aromatic carbocycles. The molecule has 1 amide bonds. The molecule has 0 spiro atoms. The molecule has 0 bridgehead atoms. The zero-order valence-corrected chi connectivity index (χ0v) is 23.2. The Balaban J connectivity index is 1.63. The van der Waals surface area contributed by atoms with Gasteiger partial charge in [0.2, 0.25) is 0 Å². The van der Waals surface area contributed by atoms with E-state index < -0.39 is 17.9 Å². The second-order valence-corrected chi connectivity index (χ2v) is 9.79. The number of pyridine rings is 1. The van der Waals surface area contributed by atoms with Crippen LogP contribution < -0.4 is 15.8 Å². The summed E-state index contributed by atoms with van der Waals surface area (Å²) in [5.41, 5.74) is 10.9. The number of alkyl halides is 3. The van der Waals surface area contributed by atoms with E-state index in [0.29, 0.717) is 38.9 Å². The zero-order chi connectivity index (χ0) is 31.1. The molecular formula is C31H24F3N7O2. The summed E-state index contributed by atoms with van der Waals surface area (Å²) < 4.78 is 46.6. The zero-order valence-electron chi connectivity index (χ0n) is 23.2. The minimum Gasteiger partial charge on any atom is -0.424 e. The number of hydrogen-bond acceptors (Lipinski definition) is 7. The quantitative estimate of drug-likeness (QED) is 0.211. The normalized spacial score (nSPS) is 11.3. The number of ether oxygens (including phenoxy) is 1. The van der Waals surface area contributed by atoms with Crippen molar-refractivity contribution in [3.63, 3.8) is 0 Å². The highest BCUT2D eigenvalue weighted by molar-refractivity contribution is 6.11. The van der Waals surface area contributed by atoms with Gasteiger partial charge < -0.3 is 20.4 Å². The molecule has 0 aliphatic rings. The van der Waals surface area contributed by atoms with Crippen LogP contribution in [0.25, 0.3) is 33.3 Å². The first-order valence-electron chi connectivity index (χ1n) is 12.8. The molecule has 43 heavy (non-hydrogen) atoms. The smallest absolute Gasteiger partial charge is 0.424 e. The van der Waals surface area contributed by atoms with Crippen LogP contribution in [0.5, 0.6) is 11.8 Å². The van der Waals surface area contributed by atoms with Gasteiger partial charge in [-0.15, -0.1) is 0 Å². The molecule has 0 aliphatic carbocycles. The number of hydrogen-bond donors (Lipinski definition) is 2. The van der Waals surface area contributed by atoms with E-state index in [1.807, 2.05) is 30.7 Å². The number of nitrogens with zero attached hydrogens (tertiary/aromatic N) is 5. The van der Waals surface area contributed by atoms with E-state index in [1.54, 1.807) is 37.3 Å². The highest BCUT2D eigenvalue weighted by atomic mass is 19.4. The standard InChI is InChI=1S/C31H24F3N7O2/c1-16(2)29(42)39-20-7-10-22(17(3)13-20)27-24(25-26(41(27)4)19(14-35)15-38-28(25)36)18-5-8-21(9-6-18)43-30-37-12-11-23(40-30)31(32,33)34/h5-13,15H,1H2,2-4H3,(H2,36,38)(H,39,42). The molecule has 0 unspecified atom stereocenters. The Kier molecular flexibility index (Phi) is 7.33. The Bertz CT molecular complexity index is 1960. The van der Waals surface area contributed by atoms with E-state index in [-0.39, 0.29) is 17.5 Å². The number of rotatable bonds is 6. The summed E-state index contributed by atoms with van der Waals surface area (Å²) >= 11 is 0. The average molecular weight is 584 g/mol. The van der Waals surface area contributed by atoms with Crippen molar-refractivity contribution in [1.82, 2.24) is 19.5 Å². The number of nitrogens with one attached hydrogen (secondary N) is 1. The van der Waals surface area contributed by atoms with Gasteiger partial charge in [-0.25, -0.2) is 9.97 Å². The number of carbonyl (C=O) groups excluding carboxylic acids is 1. The lowest BCUT2D eigenvalue weighted by molar-refractivity contribution is -0.141. The molecule has 0 saturated carbocycles. The predicted octanol–water partition coefficient (Wildman–Crippen LogP) is 6.79. The Morgan fingerprint density at radius 1 is 1.14 bits per heavy atom. The number of aryl methyl sites for hydroxylation is 2. The van der Waals surface area contributed by atoms with Crippen LogP contribution in [-0.4, -0.2) is 25.4 Å². The summed E-state index contributed by atoms with van der Waals surface area (Å²) in [4.78, 5) is 23.6.